The van der Waals surface area contributed by atoms with Crippen molar-refractivity contribution in [2.24, 2.45) is 0 Å². The Morgan fingerprint density at radius 2 is 1.65 bits per heavy atom. The second-order valence-electron chi connectivity index (χ2n) is 6.25. The van der Waals surface area contributed by atoms with Crippen molar-refractivity contribution in [1.82, 2.24) is 0 Å². The highest BCUT2D eigenvalue weighted by Gasteiger charge is 2.16. The SMILES string of the molecule is C=CC(=O)OCC[N+](C)(C)Cc1ccc(-c2ccccc2)cc1. The second-order valence-corrected chi connectivity index (χ2v) is 6.25. The molecule has 0 saturated carbocycles. The monoisotopic (exact) mass is 310 g/mol. The van der Waals surface area contributed by atoms with Gasteiger partial charge in [0.2, 0.25) is 0 Å². The Morgan fingerprint density at radius 3 is 2.26 bits per heavy atom. The van der Waals surface area contributed by atoms with E-state index in [-0.39, 0.29) is 5.97 Å². The summed E-state index contributed by atoms with van der Waals surface area (Å²) in [6.45, 7) is 5.45. The summed E-state index contributed by atoms with van der Waals surface area (Å²) in [4.78, 5) is 11.1. The zero-order chi connectivity index (χ0) is 16.7. The Morgan fingerprint density at radius 1 is 1.04 bits per heavy atom. The van der Waals surface area contributed by atoms with Gasteiger partial charge in [0.25, 0.3) is 0 Å². The van der Waals surface area contributed by atoms with Crippen LogP contribution in [0.25, 0.3) is 11.1 Å². The number of quaternary nitrogens is 1. The van der Waals surface area contributed by atoms with E-state index < -0.39 is 0 Å². The van der Waals surface area contributed by atoms with Crippen LogP contribution >= 0.6 is 0 Å². The molecule has 0 fully saturated rings. The highest BCUT2D eigenvalue weighted by molar-refractivity contribution is 5.81. The first-order chi connectivity index (χ1) is 11.0. The van der Waals surface area contributed by atoms with Crippen molar-refractivity contribution in [3.8, 4) is 11.1 Å². The highest BCUT2D eigenvalue weighted by atomic mass is 16.5. The van der Waals surface area contributed by atoms with Crippen molar-refractivity contribution in [3.63, 3.8) is 0 Å². The van der Waals surface area contributed by atoms with Crippen LogP contribution in [0.5, 0.6) is 0 Å². The summed E-state index contributed by atoms with van der Waals surface area (Å²) in [5.74, 6) is -0.364. The molecule has 0 radical (unpaired) electrons. The summed E-state index contributed by atoms with van der Waals surface area (Å²) in [7, 11) is 4.26. The number of hydrogen-bond donors (Lipinski definition) is 0. The summed E-state index contributed by atoms with van der Waals surface area (Å²) >= 11 is 0. The summed E-state index contributed by atoms with van der Waals surface area (Å²) in [6.07, 6.45) is 1.20. The van der Waals surface area contributed by atoms with Gasteiger partial charge in [-0.05, 0) is 11.1 Å². The largest absolute Gasteiger partial charge is 0.457 e. The molecule has 0 spiro atoms. The van der Waals surface area contributed by atoms with E-state index in [1.165, 1.54) is 22.8 Å². The predicted octanol–water partition coefficient (Wildman–Crippen LogP) is 3.66. The number of likely N-dealkylation sites (N-methyl/N-ethyl adjacent to an activating group) is 1. The van der Waals surface area contributed by atoms with E-state index >= 15 is 0 Å². The number of benzene rings is 2. The van der Waals surface area contributed by atoms with Gasteiger partial charge in [-0.25, -0.2) is 4.79 Å². The van der Waals surface area contributed by atoms with Gasteiger partial charge in [0, 0.05) is 11.6 Å². The highest BCUT2D eigenvalue weighted by Crippen LogP contribution is 2.20. The zero-order valence-corrected chi connectivity index (χ0v) is 13.9. The van der Waals surface area contributed by atoms with Crippen LogP contribution in [0, 0.1) is 0 Å². The van der Waals surface area contributed by atoms with Gasteiger partial charge in [0.1, 0.15) is 19.7 Å². The van der Waals surface area contributed by atoms with Gasteiger partial charge in [0.15, 0.2) is 0 Å². The molecule has 0 aromatic heterocycles. The molecule has 23 heavy (non-hydrogen) atoms. The number of carbonyl (C=O) groups excluding carboxylic acids is 1. The lowest BCUT2D eigenvalue weighted by molar-refractivity contribution is -0.903. The summed E-state index contributed by atoms with van der Waals surface area (Å²) in [5.41, 5.74) is 3.72. The van der Waals surface area contributed by atoms with Crippen LogP contribution in [0.15, 0.2) is 67.3 Å². The van der Waals surface area contributed by atoms with Gasteiger partial charge < -0.3 is 9.22 Å². The minimum atomic E-state index is -0.364. The molecule has 0 amide bonds. The molecule has 0 heterocycles. The quantitative estimate of drug-likeness (QED) is 0.443. The third-order valence-corrected chi connectivity index (χ3v) is 3.78. The van der Waals surface area contributed by atoms with Crippen LogP contribution in [-0.4, -0.2) is 37.7 Å². The number of nitrogens with zero attached hydrogens (tertiary/aromatic N) is 1. The number of ether oxygens (including phenoxy) is 1. The van der Waals surface area contributed by atoms with Crippen LogP contribution in [0.4, 0.5) is 0 Å². The average molecular weight is 310 g/mol. The summed E-state index contributed by atoms with van der Waals surface area (Å²) < 4.78 is 5.83. The first kappa shape index (κ1) is 17.0. The molecular formula is C20H24NO2+. The van der Waals surface area contributed by atoms with Crippen molar-refractivity contribution in [1.29, 1.82) is 0 Å². The number of rotatable bonds is 7. The molecular weight excluding hydrogens is 286 g/mol. The molecule has 0 unspecified atom stereocenters. The summed E-state index contributed by atoms with van der Waals surface area (Å²) in [5, 5.41) is 0. The fraction of sp³-hybridized carbons (Fsp3) is 0.250. The molecule has 2 rings (SSSR count). The molecule has 120 valence electrons. The third kappa shape index (κ3) is 5.38. The molecule has 0 aliphatic carbocycles. The normalized spacial score (nSPS) is 11.0. The van der Waals surface area contributed by atoms with Gasteiger partial charge in [-0.1, -0.05) is 61.2 Å². The van der Waals surface area contributed by atoms with Gasteiger partial charge in [-0.2, -0.15) is 0 Å². The molecule has 0 atom stereocenters. The van der Waals surface area contributed by atoms with Gasteiger partial charge >= 0.3 is 5.97 Å². The predicted molar refractivity (Wildman–Crippen MR) is 93.7 cm³/mol. The fourth-order valence-electron chi connectivity index (χ4n) is 2.46. The van der Waals surface area contributed by atoms with Crippen LogP contribution in [0.2, 0.25) is 0 Å². The van der Waals surface area contributed by atoms with E-state index in [1.807, 2.05) is 18.2 Å². The topological polar surface area (TPSA) is 26.3 Å². The lowest BCUT2D eigenvalue weighted by Gasteiger charge is -2.29. The van der Waals surface area contributed by atoms with E-state index in [2.05, 4.69) is 57.1 Å². The number of carbonyl (C=O) groups is 1. The first-order valence-electron chi connectivity index (χ1n) is 7.76. The van der Waals surface area contributed by atoms with Crippen LogP contribution < -0.4 is 0 Å². The van der Waals surface area contributed by atoms with Crippen molar-refractivity contribution < 1.29 is 14.0 Å². The molecule has 0 aliphatic heterocycles. The molecule has 0 saturated heterocycles. The van der Waals surface area contributed by atoms with E-state index in [0.717, 1.165) is 17.6 Å². The molecule has 3 heteroatoms. The molecule has 2 aromatic rings. The Balaban J connectivity index is 1.94. The van der Waals surface area contributed by atoms with Crippen molar-refractivity contribution in [2.75, 3.05) is 27.2 Å². The van der Waals surface area contributed by atoms with E-state index in [0.29, 0.717) is 6.61 Å². The van der Waals surface area contributed by atoms with Crippen molar-refractivity contribution in [3.05, 3.63) is 72.8 Å². The Labute approximate surface area is 138 Å². The van der Waals surface area contributed by atoms with Crippen molar-refractivity contribution >= 4 is 5.97 Å². The molecule has 0 bridgehead atoms. The number of esters is 1. The van der Waals surface area contributed by atoms with Crippen LogP contribution in [-0.2, 0) is 16.1 Å². The van der Waals surface area contributed by atoms with Crippen molar-refractivity contribution in [2.45, 2.75) is 6.54 Å². The molecule has 2 aromatic carbocycles. The maximum atomic E-state index is 11.1. The molecule has 0 aliphatic rings. The van der Waals surface area contributed by atoms with Gasteiger partial charge in [-0.3, -0.25) is 0 Å². The number of hydrogen-bond acceptors (Lipinski definition) is 2. The Hall–Kier alpha value is -2.39. The lowest BCUT2D eigenvalue weighted by atomic mass is 10.0. The fourth-order valence-corrected chi connectivity index (χ4v) is 2.46. The van der Waals surface area contributed by atoms with Crippen LogP contribution in [0.3, 0.4) is 0 Å². The van der Waals surface area contributed by atoms with Gasteiger partial charge in [0.05, 0.1) is 14.1 Å². The third-order valence-electron chi connectivity index (χ3n) is 3.78. The standard InChI is InChI=1S/C20H24NO2/c1-4-20(22)23-15-14-21(2,3)16-17-10-12-19(13-11-17)18-8-6-5-7-9-18/h4-13H,1,14-16H2,2-3H3/q+1. The van der Waals surface area contributed by atoms with E-state index in [1.54, 1.807) is 0 Å². The Kier molecular flexibility index (Phi) is 5.72. The molecule has 3 nitrogen and oxygen atoms in total. The maximum absolute atomic E-state index is 11.1. The zero-order valence-electron chi connectivity index (χ0n) is 13.9. The van der Waals surface area contributed by atoms with E-state index in [9.17, 15) is 4.79 Å². The summed E-state index contributed by atoms with van der Waals surface area (Å²) in [6, 6.07) is 19.0. The van der Waals surface area contributed by atoms with E-state index in [4.69, 9.17) is 4.74 Å². The second kappa shape index (κ2) is 7.75. The maximum Gasteiger partial charge on any atom is 0.330 e. The minimum absolute atomic E-state index is 0.364. The van der Waals surface area contributed by atoms with Gasteiger partial charge in [-0.15, -0.1) is 0 Å². The smallest absolute Gasteiger partial charge is 0.330 e. The van der Waals surface area contributed by atoms with Crippen LogP contribution in [0.1, 0.15) is 5.56 Å². The average Bonchev–Trinajstić information content (AvgIpc) is 2.55. The lowest BCUT2D eigenvalue weighted by Crippen LogP contribution is -2.41. The molecule has 0 N–H and O–H groups in total. The minimum Gasteiger partial charge on any atom is -0.457 e. The first-order valence-corrected chi connectivity index (χ1v) is 7.76. The Bertz CT molecular complexity index is 645.